The summed E-state index contributed by atoms with van der Waals surface area (Å²) in [4.78, 5) is 13.1. The summed E-state index contributed by atoms with van der Waals surface area (Å²) in [7, 11) is 3.16. The van der Waals surface area contributed by atoms with Crippen molar-refractivity contribution in [2.75, 3.05) is 32.6 Å². The fraction of sp³-hybridized carbons (Fsp3) is 0.412. The van der Waals surface area contributed by atoms with Gasteiger partial charge in [0.2, 0.25) is 0 Å². The molecule has 1 fully saturated rings. The van der Waals surface area contributed by atoms with E-state index in [0.29, 0.717) is 30.0 Å². The predicted molar refractivity (Wildman–Crippen MR) is 97.7 cm³/mol. The highest BCUT2D eigenvalue weighted by Crippen LogP contribution is 2.31. The van der Waals surface area contributed by atoms with Gasteiger partial charge in [-0.3, -0.25) is 9.48 Å². The molecule has 1 aromatic carbocycles. The van der Waals surface area contributed by atoms with Crippen LogP contribution in [-0.4, -0.2) is 43.0 Å². The number of amides is 1. The molecule has 136 valence electrons. The van der Waals surface area contributed by atoms with Crippen LogP contribution in [0.5, 0.6) is 11.5 Å². The third kappa shape index (κ3) is 3.88. The molecule has 2 heterocycles. The van der Waals surface area contributed by atoms with Crippen molar-refractivity contribution in [3.8, 4) is 11.5 Å². The highest BCUT2D eigenvalue weighted by Gasteiger charge is 2.42. The molecule has 1 saturated heterocycles. The van der Waals surface area contributed by atoms with E-state index in [2.05, 4.69) is 15.7 Å². The molecule has 3 rings (SSSR count). The number of nitrogens with one attached hydrogen (secondary N) is 2. The Bertz CT molecular complexity index is 678. The van der Waals surface area contributed by atoms with E-state index in [9.17, 15) is 4.79 Å². The summed E-state index contributed by atoms with van der Waals surface area (Å²) in [5.74, 6) is 1.18. The number of methoxy groups -OCH3 is 2. The van der Waals surface area contributed by atoms with Gasteiger partial charge >= 0.3 is 0 Å². The molecule has 0 unspecified atom stereocenters. The van der Waals surface area contributed by atoms with E-state index in [1.807, 2.05) is 12.3 Å². The summed E-state index contributed by atoms with van der Waals surface area (Å²) in [6.45, 7) is 1.55. The molecule has 1 amide bonds. The summed E-state index contributed by atoms with van der Waals surface area (Å²) in [5.41, 5.74) is -0.0494. The van der Waals surface area contributed by atoms with Gasteiger partial charge in [0.25, 0.3) is 5.91 Å². The molecular weight excluding hydrogens is 344 g/mol. The van der Waals surface area contributed by atoms with Gasteiger partial charge in [-0.15, -0.1) is 12.4 Å². The fourth-order valence-electron chi connectivity index (χ4n) is 3.05. The van der Waals surface area contributed by atoms with E-state index >= 15 is 0 Å². The maximum Gasteiger partial charge on any atom is 0.252 e. The molecule has 0 saturated carbocycles. The Labute approximate surface area is 153 Å². The van der Waals surface area contributed by atoms with Crippen LogP contribution < -0.4 is 20.1 Å². The number of anilines is 1. The van der Waals surface area contributed by atoms with E-state index in [0.717, 1.165) is 13.1 Å². The van der Waals surface area contributed by atoms with Crippen LogP contribution in [0, 0.1) is 0 Å². The Balaban J connectivity index is 0.00000225. The number of hydrogen-bond donors (Lipinski definition) is 2. The molecule has 0 radical (unpaired) electrons. The lowest BCUT2D eigenvalue weighted by atomic mass is 9.87. The summed E-state index contributed by atoms with van der Waals surface area (Å²) in [6, 6.07) is 7.16. The monoisotopic (exact) mass is 366 g/mol. The first-order chi connectivity index (χ1) is 11.7. The number of carbonyl (C=O) groups excluding carboxylic acids is 1. The lowest BCUT2D eigenvalue weighted by Gasteiger charge is -2.36. The second kappa shape index (κ2) is 8.22. The number of halogens is 1. The van der Waals surface area contributed by atoms with Crippen molar-refractivity contribution in [1.82, 2.24) is 15.1 Å². The summed E-state index contributed by atoms with van der Waals surface area (Å²) in [5, 5.41) is 10.6. The first kappa shape index (κ1) is 19.1. The maximum absolute atomic E-state index is 13.1. The molecule has 1 aromatic heterocycles. The zero-order valence-electron chi connectivity index (χ0n) is 14.3. The van der Waals surface area contributed by atoms with Gasteiger partial charge in [-0.25, -0.2) is 0 Å². The summed E-state index contributed by atoms with van der Waals surface area (Å²) in [6.07, 6.45) is 4.91. The third-order valence-electron chi connectivity index (χ3n) is 4.41. The topological polar surface area (TPSA) is 77.4 Å². The Morgan fingerprint density at radius 1 is 1.20 bits per heavy atom. The van der Waals surface area contributed by atoms with Crippen LogP contribution in [0.1, 0.15) is 12.8 Å². The minimum absolute atomic E-state index is 0. The number of benzene rings is 1. The van der Waals surface area contributed by atoms with Crippen molar-refractivity contribution >= 4 is 24.0 Å². The minimum Gasteiger partial charge on any atom is -0.497 e. The molecule has 0 atom stereocenters. The normalized spacial score (nSPS) is 15.8. The van der Waals surface area contributed by atoms with E-state index < -0.39 is 5.54 Å². The van der Waals surface area contributed by atoms with Gasteiger partial charge in [-0.2, -0.15) is 5.10 Å². The Kier molecular flexibility index (Phi) is 6.27. The number of ether oxygens (including phenoxy) is 2. The lowest BCUT2D eigenvalue weighted by Crippen LogP contribution is -2.52. The standard InChI is InChI=1S/C17H22N4O3.ClH/c1-23-14-10-13(11-15(12-14)24-2)20-16(22)17(4-7-18-8-5-17)21-9-3-6-19-21;/h3,6,9-12,18H,4-5,7-8H2,1-2H3,(H,20,22);1H. The van der Waals surface area contributed by atoms with E-state index in [1.54, 1.807) is 43.3 Å². The molecule has 0 spiro atoms. The molecule has 2 aromatic rings. The molecule has 7 nitrogen and oxygen atoms in total. The van der Waals surface area contributed by atoms with E-state index in [1.165, 1.54) is 0 Å². The average Bonchev–Trinajstić information content (AvgIpc) is 3.17. The zero-order chi connectivity index (χ0) is 17.0. The Morgan fingerprint density at radius 2 is 1.84 bits per heavy atom. The molecule has 1 aliphatic rings. The van der Waals surface area contributed by atoms with Crippen LogP contribution in [0.3, 0.4) is 0 Å². The van der Waals surface area contributed by atoms with Crippen molar-refractivity contribution in [3.63, 3.8) is 0 Å². The van der Waals surface area contributed by atoms with Gasteiger partial charge in [-0.1, -0.05) is 0 Å². The fourth-order valence-corrected chi connectivity index (χ4v) is 3.05. The SMILES string of the molecule is COc1cc(NC(=O)C2(n3cccn3)CCNCC2)cc(OC)c1.Cl. The Hall–Kier alpha value is -2.25. The number of nitrogens with zero attached hydrogens (tertiary/aromatic N) is 2. The molecule has 25 heavy (non-hydrogen) atoms. The van der Waals surface area contributed by atoms with Gasteiger partial charge in [0.05, 0.1) is 14.2 Å². The molecule has 0 aliphatic carbocycles. The van der Waals surface area contributed by atoms with Gasteiger partial charge in [-0.05, 0) is 32.0 Å². The zero-order valence-corrected chi connectivity index (χ0v) is 15.1. The molecule has 8 heteroatoms. The van der Waals surface area contributed by atoms with Gasteiger partial charge in [0.15, 0.2) is 0 Å². The molecule has 1 aliphatic heterocycles. The van der Waals surface area contributed by atoms with Crippen LogP contribution in [-0.2, 0) is 10.3 Å². The van der Waals surface area contributed by atoms with E-state index in [-0.39, 0.29) is 18.3 Å². The van der Waals surface area contributed by atoms with Gasteiger partial charge < -0.3 is 20.1 Å². The largest absolute Gasteiger partial charge is 0.497 e. The summed E-state index contributed by atoms with van der Waals surface area (Å²) < 4.78 is 12.3. The number of aromatic nitrogens is 2. The first-order valence-corrected chi connectivity index (χ1v) is 7.93. The van der Waals surface area contributed by atoms with Crippen LogP contribution >= 0.6 is 12.4 Å². The Morgan fingerprint density at radius 3 is 2.36 bits per heavy atom. The summed E-state index contributed by atoms with van der Waals surface area (Å²) >= 11 is 0. The number of rotatable bonds is 5. The first-order valence-electron chi connectivity index (χ1n) is 7.93. The van der Waals surface area contributed by atoms with Crippen LogP contribution in [0.25, 0.3) is 0 Å². The van der Waals surface area contributed by atoms with Gasteiger partial charge in [0, 0.05) is 36.3 Å². The average molecular weight is 367 g/mol. The van der Waals surface area contributed by atoms with E-state index in [4.69, 9.17) is 9.47 Å². The van der Waals surface area contributed by atoms with Crippen molar-refractivity contribution in [3.05, 3.63) is 36.7 Å². The van der Waals surface area contributed by atoms with Crippen molar-refractivity contribution < 1.29 is 14.3 Å². The minimum atomic E-state index is -0.689. The maximum atomic E-state index is 13.1. The highest BCUT2D eigenvalue weighted by molar-refractivity contribution is 5.97. The molecular formula is C17H23ClN4O3. The predicted octanol–water partition coefficient (Wildman–Crippen LogP) is 2.04. The van der Waals surface area contributed by atoms with Gasteiger partial charge in [0.1, 0.15) is 17.0 Å². The second-order valence-corrected chi connectivity index (χ2v) is 5.79. The third-order valence-corrected chi connectivity index (χ3v) is 4.41. The van der Waals surface area contributed by atoms with Crippen LogP contribution in [0.15, 0.2) is 36.7 Å². The second-order valence-electron chi connectivity index (χ2n) is 5.79. The van der Waals surface area contributed by atoms with Crippen molar-refractivity contribution in [2.45, 2.75) is 18.4 Å². The molecule has 0 bridgehead atoms. The molecule has 2 N–H and O–H groups in total. The number of carbonyl (C=O) groups is 1. The highest BCUT2D eigenvalue weighted by atomic mass is 35.5. The van der Waals surface area contributed by atoms with Crippen LogP contribution in [0.4, 0.5) is 5.69 Å². The lowest BCUT2D eigenvalue weighted by molar-refractivity contribution is -0.126. The van der Waals surface area contributed by atoms with Crippen molar-refractivity contribution in [1.29, 1.82) is 0 Å². The quantitative estimate of drug-likeness (QED) is 0.846. The van der Waals surface area contributed by atoms with Crippen LogP contribution in [0.2, 0.25) is 0 Å². The number of hydrogen-bond acceptors (Lipinski definition) is 5. The van der Waals surface area contributed by atoms with Crippen molar-refractivity contribution in [2.24, 2.45) is 0 Å². The number of piperidine rings is 1. The smallest absolute Gasteiger partial charge is 0.252 e.